The van der Waals surface area contributed by atoms with Crippen molar-refractivity contribution in [2.45, 2.75) is 19.4 Å². The Hall–Kier alpha value is -1.87. The number of nitrogens with zero attached hydrogens (tertiary/aromatic N) is 1. The van der Waals surface area contributed by atoms with E-state index in [0.29, 0.717) is 6.54 Å². The Morgan fingerprint density at radius 1 is 1.40 bits per heavy atom. The molecule has 1 aliphatic rings. The third kappa shape index (κ3) is 2.29. The molecule has 0 radical (unpaired) electrons. The maximum atomic E-state index is 12.0. The monoisotopic (exact) mass is 283 g/mol. The average molecular weight is 283 g/mol. The molecule has 0 saturated carbocycles. The Labute approximate surface area is 123 Å². The molecule has 0 aliphatic carbocycles. The molecule has 0 fully saturated rings. The highest BCUT2D eigenvalue weighted by molar-refractivity contribution is 7.12. The van der Waals surface area contributed by atoms with Crippen molar-refractivity contribution in [3.8, 4) is 0 Å². The molecule has 2 nitrogen and oxygen atoms in total. The van der Waals surface area contributed by atoms with Gasteiger partial charge in [0, 0.05) is 22.2 Å². The Bertz CT molecular complexity index is 644. The van der Waals surface area contributed by atoms with Crippen LogP contribution in [-0.4, -0.2) is 17.4 Å². The number of fused-ring (bicyclic) bond motifs is 1. The van der Waals surface area contributed by atoms with E-state index in [0.717, 1.165) is 6.54 Å². The zero-order chi connectivity index (χ0) is 14.1. The molecular weight excluding hydrogens is 266 g/mol. The van der Waals surface area contributed by atoms with Gasteiger partial charge in [-0.15, -0.1) is 11.3 Å². The topological polar surface area (TPSA) is 20.3 Å². The Balaban J connectivity index is 2.03. The summed E-state index contributed by atoms with van der Waals surface area (Å²) in [5, 5.41) is 0. The summed E-state index contributed by atoms with van der Waals surface area (Å²) in [6, 6.07) is 12.7. The molecule has 1 aliphatic heterocycles. The molecule has 2 aromatic rings. The number of rotatable bonds is 2. The minimum Gasteiger partial charge on any atom is -0.333 e. The van der Waals surface area contributed by atoms with Gasteiger partial charge in [-0.3, -0.25) is 4.79 Å². The number of hydrogen-bond donors (Lipinski definition) is 0. The van der Waals surface area contributed by atoms with Gasteiger partial charge in [-0.05, 0) is 30.2 Å². The highest BCUT2D eigenvalue weighted by Gasteiger charge is 2.29. The second kappa shape index (κ2) is 5.25. The Kier molecular flexibility index (Phi) is 3.45. The highest BCUT2D eigenvalue weighted by atomic mass is 32.1. The largest absolute Gasteiger partial charge is 0.333 e. The van der Waals surface area contributed by atoms with Crippen LogP contribution in [0.25, 0.3) is 0 Å². The van der Waals surface area contributed by atoms with Crippen LogP contribution >= 0.6 is 11.3 Å². The van der Waals surface area contributed by atoms with Crippen LogP contribution in [-0.2, 0) is 11.3 Å². The van der Waals surface area contributed by atoms with Crippen molar-refractivity contribution in [2.24, 2.45) is 0 Å². The molecular formula is C17H17NOS. The molecule has 20 heavy (non-hydrogen) atoms. The van der Waals surface area contributed by atoms with Crippen molar-refractivity contribution in [3.63, 3.8) is 0 Å². The van der Waals surface area contributed by atoms with Gasteiger partial charge in [-0.1, -0.05) is 36.9 Å². The van der Waals surface area contributed by atoms with E-state index in [-0.39, 0.29) is 11.8 Å². The number of hydrogen-bond acceptors (Lipinski definition) is 2. The van der Waals surface area contributed by atoms with Crippen molar-refractivity contribution in [1.82, 2.24) is 4.90 Å². The van der Waals surface area contributed by atoms with Gasteiger partial charge >= 0.3 is 0 Å². The lowest BCUT2D eigenvalue weighted by molar-refractivity contribution is -0.127. The maximum absolute atomic E-state index is 12.0. The molecule has 0 spiro atoms. The summed E-state index contributed by atoms with van der Waals surface area (Å²) in [6.45, 7) is 7.18. The molecule has 0 saturated heterocycles. The fraction of sp³-hybridized carbons (Fsp3) is 0.235. The SMILES string of the molecule is C=CC(=O)N1Cc2sc(C)cc2[C@@H](c2ccccc2)C1. The van der Waals surface area contributed by atoms with Crippen molar-refractivity contribution in [2.75, 3.05) is 6.54 Å². The van der Waals surface area contributed by atoms with E-state index >= 15 is 0 Å². The van der Waals surface area contributed by atoms with Gasteiger partial charge in [0.2, 0.25) is 5.91 Å². The number of aryl methyl sites for hydroxylation is 1. The zero-order valence-electron chi connectivity index (χ0n) is 11.5. The van der Waals surface area contributed by atoms with Gasteiger partial charge < -0.3 is 4.90 Å². The van der Waals surface area contributed by atoms with E-state index in [1.165, 1.54) is 27.0 Å². The maximum Gasteiger partial charge on any atom is 0.246 e. The lowest BCUT2D eigenvalue weighted by Gasteiger charge is -2.32. The van der Waals surface area contributed by atoms with Crippen LogP contribution in [0.3, 0.4) is 0 Å². The highest BCUT2D eigenvalue weighted by Crippen LogP contribution is 2.38. The summed E-state index contributed by atoms with van der Waals surface area (Å²) >= 11 is 1.79. The van der Waals surface area contributed by atoms with Crippen molar-refractivity contribution >= 4 is 17.2 Å². The first-order chi connectivity index (χ1) is 9.69. The summed E-state index contributed by atoms with van der Waals surface area (Å²) < 4.78 is 0. The first-order valence-electron chi connectivity index (χ1n) is 6.74. The molecule has 1 atom stereocenters. The standard InChI is InChI=1S/C17H17NOS/c1-3-17(19)18-10-15(13-7-5-4-6-8-13)14-9-12(2)20-16(14)11-18/h3-9,15H,1,10-11H2,2H3/t15-/m1/s1. The molecule has 3 heteroatoms. The lowest BCUT2D eigenvalue weighted by Crippen LogP contribution is -2.36. The van der Waals surface area contributed by atoms with Gasteiger partial charge in [0.25, 0.3) is 0 Å². The number of carbonyl (C=O) groups excluding carboxylic acids is 1. The van der Waals surface area contributed by atoms with Crippen LogP contribution < -0.4 is 0 Å². The van der Waals surface area contributed by atoms with Gasteiger partial charge in [0.15, 0.2) is 0 Å². The number of amides is 1. The third-order valence-electron chi connectivity index (χ3n) is 3.77. The van der Waals surface area contributed by atoms with Crippen LogP contribution in [0.5, 0.6) is 0 Å². The van der Waals surface area contributed by atoms with Crippen LogP contribution in [0.4, 0.5) is 0 Å². The van der Waals surface area contributed by atoms with Gasteiger partial charge in [-0.2, -0.15) is 0 Å². The summed E-state index contributed by atoms with van der Waals surface area (Å²) in [5.41, 5.74) is 2.65. The van der Waals surface area contributed by atoms with E-state index < -0.39 is 0 Å². The molecule has 1 amide bonds. The molecule has 0 N–H and O–H groups in total. The van der Waals surface area contributed by atoms with Crippen molar-refractivity contribution < 1.29 is 4.79 Å². The van der Waals surface area contributed by atoms with E-state index in [1.54, 1.807) is 11.3 Å². The first-order valence-corrected chi connectivity index (χ1v) is 7.56. The van der Waals surface area contributed by atoms with Gasteiger partial charge in [0.05, 0.1) is 6.54 Å². The quantitative estimate of drug-likeness (QED) is 0.769. The second-order valence-electron chi connectivity index (χ2n) is 5.12. The summed E-state index contributed by atoms with van der Waals surface area (Å²) in [7, 11) is 0. The van der Waals surface area contributed by atoms with E-state index in [9.17, 15) is 4.79 Å². The van der Waals surface area contributed by atoms with Crippen LogP contribution in [0.15, 0.2) is 49.1 Å². The first kappa shape index (κ1) is 13.1. The average Bonchev–Trinajstić information content (AvgIpc) is 2.86. The fourth-order valence-electron chi connectivity index (χ4n) is 2.82. The molecule has 3 rings (SSSR count). The summed E-state index contributed by atoms with van der Waals surface area (Å²) in [5.74, 6) is 0.288. The minimum atomic E-state index is 0.0163. The molecule has 0 unspecified atom stereocenters. The van der Waals surface area contributed by atoms with Crippen molar-refractivity contribution in [3.05, 3.63) is 69.9 Å². The number of thiophene rings is 1. The van der Waals surface area contributed by atoms with E-state index in [2.05, 4.69) is 43.8 Å². The number of carbonyl (C=O) groups is 1. The van der Waals surface area contributed by atoms with Crippen LogP contribution in [0.1, 0.15) is 26.8 Å². The Morgan fingerprint density at radius 3 is 2.85 bits per heavy atom. The van der Waals surface area contributed by atoms with Crippen molar-refractivity contribution in [1.29, 1.82) is 0 Å². The van der Waals surface area contributed by atoms with Gasteiger partial charge in [-0.25, -0.2) is 0 Å². The predicted octanol–water partition coefficient (Wildman–Crippen LogP) is 3.72. The molecule has 1 aromatic heterocycles. The molecule has 102 valence electrons. The van der Waals surface area contributed by atoms with E-state index in [4.69, 9.17) is 0 Å². The third-order valence-corrected chi connectivity index (χ3v) is 4.82. The predicted molar refractivity (Wildman–Crippen MR) is 83.0 cm³/mol. The smallest absolute Gasteiger partial charge is 0.246 e. The Morgan fingerprint density at radius 2 is 2.15 bits per heavy atom. The summed E-state index contributed by atoms with van der Waals surface area (Å²) in [6.07, 6.45) is 1.41. The van der Waals surface area contributed by atoms with Crippen LogP contribution in [0.2, 0.25) is 0 Å². The van der Waals surface area contributed by atoms with Gasteiger partial charge in [0.1, 0.15) is 0 Å². The number of benzene rings is 1. The molecule has 1 aromatic carbocycles. The fourth-order valence-corrected chi connectivity index (χ4v) is 3.94. The minimum absolute atomic E-state index is 0.0163. The molecule has 0 bridgehead atoms. The van der Waals surface area contributed by atoms with Crippen LogP contribution in [0, 0.1) is 6.92 Å². The second-order valence-corrected chi connectivity index (χ2v) is 6.46. The normalized spacial score (nSPS) is 17.6. The van der Waals surface area contributed by atoms with E-state index in [1.807, 2.05) is 11.0 Å². The summed E-state index contributed by atoms with van der Waals surface area (Å²) in [4.78, 5) is 16.5. The zero-order valence-corrected chi connectivity index (χ0v) is 12.3. The molecule has 2 heterocycles. The lowest BCUT2D eigenvalue weighted by atomic mass is 9.88.